The lowest BCUT2D eigenvalue weighted by Gasteiger charge is -2.25. The maximum atomic E-state index is 13.1. The Morgan fingerprint density at radius 1 is 1.27 bits per heavy atom. The summed E-state index contributed by atoms with van der Waals surface area (Å²) in [5.41, 5.74) is 3.00. The lowest BCUT2D eigenvalue weighted by atomic mass is 10.1. The number of rotatable bonds is 4. The van der Waals surface area contributed by atoms with Gasteiger partial charge >= 0.3 is 0 Å². The topological polar surface area (TPSA) is 87.3 Å². The molecule has 0 fully saturated rings. The number of thiophene rings is 1. The zero-order valence-corrected chi connectivity index (χ0v) is 17.7. The molecule has 2 N–H and O–H groups in total. The summed E-state index contributed by atoms with van der Waals surface area (Å²) >= 11 is 2.91. The molecule has 1 aromatic carbocycles. The Kier molecular flexibility index (Phi) is 4.76. The van der Waals surface area contributed by atoms with Crippen molar-refractivity contribution in [2.75, 3.05) is 19.0 Å². The number of amides is 2. The van der Waals surface area contributed by atoms with Crippen LogP contribution in [0.15, 0.2) is 41.1 Å². The number of fused-ring (bicyclic) bond motifs is 2. The Morgan fingerprint density at radius 3 is 2.97 bits per heavy atom. The van der Waals surface area contributed by atoms with Crippen molar-refractivity contribution < 1.29 is 14.3 Å². The van der Waals surface area contributed by atoms with Crippen LogP contribution in [0.4, 0.5) is 5.13 Å². The van der Waals surface area contributed by atoms with Gasteiger partial charge in [0.1, 0.15) is 11.4 Å². The van der Waals surface area contributed by atoms with Gasteiger partial charge in [-0.15, -0.1) is 0 Å². The minimum absolute atomic E-state index is 0.0481. The monoisotopic (exact) mass is 438 g/mol. The lowest BCUT2D eigenvalue weighted by Crippen LogP contribution is -2.35. The standard InChI is InChI=1S/C21H18N4O3S2/c1-28-14-3-2-12-8-17(22-16(12)9-14)20(27)25-6-4-15-18(10-25)30-21(23-15)24-19(26)13-5-7-29-11-13/h2-3,5,7-9,11,22H,4,6,10H2,1H3,(H,23,24,26). The molecule has 0 aliphatic carbocycles. The predicted molar refractivity (Wildman–Crippen MR) is 118 cm³/mol. The number of anilines is 1. The first kappa shape index (κ1) is 18.8. The fraction of sp³-hybridized carbons (Fsp3) is 0.190. The zero-order chi connectivity index (χ0) is 20.7. The number of ether oxygens (including phenoxy) is 1. The number of nitrogens with zero attached hydrogens (tertiary/aromatic N) is 2. The van der Waals surface area contributed by atoms with Gasteiger partial charge < -0.3 is 14.6 Å². The highest BCUT2D eigenvalue weighted by Gasteiger charge is 2.26. The number of hydrogen-bond acceptors (Lipinski definition) is 6. The highest BCUT2D eigenvalue weighted by molar-refractivity contribution is 7.16. The van der Waals surface area contributed by atoms with Crippen molar-refractivity contribution in [2.45, 2.75) is 13.0 Å². The van der Waals surface area contributed by atoms with Gasteiger partial charge in [-0.2, -0.15) is 11.3 Å². The summed E-state index contributed by atoms with van der Waals surface area (Å²) in [6.45, 7) is 1.07. The number of hydrogen-bond donors (Lipinski definition) is 2. The molecular weight excluding hydrogens is 420 g/mol. The average Bonchev–Trinajstić information content (AvgIpc) is 3.50. The van der Waals surface area contributed by atoms with Gasteiger partial charge in [-0.05, 0) is 29.6 Å². The molecule has 0 radical (unpaired) electrons. The minimum atomic E-state index is -0.163. The lowest BCUT2D eigenvalue weighted by molar-refractivity contribution is 0.0731. The second-order valence-corrected chi connectivity index (χ2v) is 8.83. The molecule has 0 bridgehead atoms. The SMILES string of the molecule is COc1ccc2cc(C(=O)N3CCc4nc(NC(=O)c5ccsc5)sc4C3)[nH]c2c1. The maximum absolute atomic E-state index is 13.1. The zero-order valence-electron chi connectivity index (χ0n) is 16.1. The summed E-state index contributed by atoms with van der Waals surface area (Å²) in [6.07, 6.45) is 0.667. The number of benzene rings is 1. The molecule has 1 aliphatic heterocycles. The van der Waals surface area contributed by atoms with Crippen LogP contribution in [0.2, 0.25) is 0 Å². The van der Waals surface area contributed by atoms with Gasteiger partial charge in [-0.3, -0.25) is 14.9 Å². The van der Waals surface area contributed by atoms with Gasteiger partial charge in [0.05, 0.1) is 24.9 Å². The van der Waals surface area contributed by atoms with Crippen LogP contribution in [0, 0.1) is 0 Å². The van der Waals surface area contributed by atoms with Gasteiger partial charge in [0, 0.05) is 40.2 Å². The van der Waals surface area contributed by atoms with E-state index in [0.29, 0.717) is 35.9 Å². The number of carbonyl (C=O) groups excluding carboxylic acids is 2. The van der Waals surface area contributed by atoms with E-state index in [2.05, 4.69) is 15.3 Å². The third-order valence-electron chi connectivity index (χ3n) is 5.08. The number of aromatic amines is 1. The molecule has 0 saturated carbocycles. The Bertz CT molecular complexity index is 1240. The first-order valence-electron chi connectivity index (χ1n) is 9.39. The van der Waals surface area contributed by atoms with E-state index in [0.717, 1.165) is 27.2 Å². The fourth-order valence-corrected chi connectivity index (χ4v) is 5.16. The van der Waals surface area contributed by atoms with E-state index in [1.807, 2.05) is 34.5 Å². The Morgan fingerprint density at radius 2 is 2.17 bits per heavy atom. The average molecular weight is 439 g/mol. The predicted octanol–water partition coefficient (Wildman–Crippen LogP) is 4.15. The van der Waals surface area contributed by atoms with Gasteiger partial charge in [0.25, 0.3) is 11.8 Å². The van der Waals surface area contributed by atoms with E-state index in [9.17, 15) is 9.59 Å². The summed E-state index contributed by atoms with van der Waals surface area (Å²) in [6, 6.07) is 9.34. The molecular formula is C21H18N4O3S2. The van der Waals surface area contributed by atoms with Gasteiger partial charge in [0.15, 0.2) is 5.13 Å². The van der Waals surface area contributed by atoms with Crippen molar-refractivity contribution >= 4 is 50.5 Å². The summed E-state index contributed by atoms with van der Waals surface area (Å²) in [4.78, 5) is 35.9. The number of carbonyl (C=O) groups is 2. The van der Waals surface area contributed by atoms with Crippen LogP contribution in [0.25, 0.3) is 10.9 Å². The molecule has 7 nitrogen and oxygen atoms in total. The second-order valence-electron chi connectivity index (χ2n) is 6.97. The van der Waals surface area contributed by atoms with Crippen LogP contribution in [-0.2, 0) is 13.0 Å². The fourth-order valence-electron chi connectivity index (χ4n) is 3.50. The maximum Gasteiger partial charge on any atom is 0.270 e. The van der Waals surface area contributed by atoms with Crippen LogP contribution in [0.5, 0.6) is 5.75 Å². The summed E-state index contributed by atoms with van der Waals surface area (Å²) in [5.74, 6) is 0.532. The normalized spacial score (nSPS) is 13.3. The highest BCUT2D eigenvalue weighted by atomic mass is 32.1. The number of methoxy groups -OCH3 is 1. The molecule has 2 amide bonds. The van der Waals surface area contributed by atoms with E-state index in [4.69, 9.17) is 4.74 Å². The molecule has 0 saturated heterocycles. The smallest absolute Gasteiger partial charge is 0.270 e. The second kappa shape index (κ2) is 7.58. The van der Waals surface area contributed by atoms with E-state index >= 15 is 0 Å². The first-order valence-corrected chi connectivity index (χ1v) is 11.1. The third kappa shape index (κ3) is 3.46. The number of nitrogens with one attached hydrogen (secondary N) is 2. The number of thiazole rings is 1. The van der Waals surface area contributed by atoms with Crippen molar-refractivity contribution in [1.29, 1.82) is 0 Å². The molecule has 5 rings (SSSR count). The van der Waals surface area contributed by atoms with Gasteiger partial charge in [-0.25, -0.2) is 4.98 Å². The molecule has 4 aromatic rings. The first-order chi connectivity index (χ1) is 14.6. The molecule has 4 heterocycles. The Hall–Kier alpha value is -3.17. The largest absolute Gasteiger partial charge is 0.497 e. The number of aromatic nitrogens is 2. The molecule has 152 valence electrons. The van der Waals surface area contributed by atoms with E-state index in [-0.39, 0.29) is 11.8 Å². The molecule has 0 atom stereocenters. The van der Waals surface area contributed by atoms with Crippen LogP contribution < -0.4 is 10.1 Å². The highest BCUT2D eigenvalue weighted by Crippen LogP contribution is 2.30. The van der Waals surface area contributed by atoms with Crippen molar-refractivity contribution in [3.63, 3.8) is 0 Å². The summed E-state index contributed by atoms with van der Waals surface area (Å²) < 4.78 is 5.25. The number of H-pyrrole nitrogens is 1. The quantitative estimate of drug-likeness (QED) is 0.501. The molecule has 1 aliphatic rings. The molecule has 30 heavy (non-hydrogen) atoms. The van der Waals surface area contributed by atoms with Crippen LogP contribution in [0.3, 0.4) is 0 Å². The molecule has 0 unspecified atom stereocenters. The molecule has 9 heteroatoms. The van der Waals surface area contributed by atoms with Crippen LogP contribution in [-0.4, -0.2) is 40.3 Å². The Balaban J connectivity index is 1.32. The van der Waals surface area contributed by atoms with E-state index in [1.165, 1.54) is 22.7 Å². The molecule has 3 aromatic heterocycles. The van der Waals surface area contributed by atoms with Crippen molar-refractivity contribution in [3.05, 3.63) is 62.9 Å². The van der Waals surface area contributed by atoms with Crippen molar-refractivity contribution in [2.24, 2.45) is 0 Å². The van der Waals surface area contributed by atoms with E-state index in [1.54, 1.807) is 18.6 Å². The van der Waals surface area contributed by atoms with Crippen molar-refractivity contribution in [3.8, 4) is 5.75 Å². The Labute approximate surface area is 180 Å². The van der Waals surface area contributed by atoms with E-state index < -0.39 is 0 Å². The summed E-state index contributed by atoms with van der Waals surface area (Å²) in [5, 5.41) is 8.07. The summed E-state index contributed by atoms with van der Waals surface area (Å²) in [7, 11) is 1.62. The van der Waals surface area contributed by atoms with Crippen molar-refractivity contribution in [1.82, 2.24) is 14.9 Å². The van der Waals surface area contributed by atoms with Gasteiger partial charge in [-0.1, -0.05) is 11.3 Å². The minimum Gasteiger partial charge on any atom is -0.497 e. The molecule has 0 spiro atoms. The van der Waals surface area contributed by atoms with Gasteiger partial charge in [0.2, 0.25) is 0 Å². The van der Waals surface area contributed by atoms with Crippen LogP contribution in [0.1, 0.15) is 31.4 Å². The van der Waals surface area contributed by atoms with Crippen LogP contribution >= 0.6 is 22.7 Å². The third-order valence-corrected chi connectivity index (χ3v) is 6.76.